The fourth-order valence-electron chi connectivity index (χ4n) is 2.27. The van der Waals surface area contributed by atoms with Gasteiger partial charge < -0.3 is 4.74 Å². The van der Waals surface area contributed by atoms with E-state index in [0.29, 0.717) is 5.56 Å². The Morgan fingerprint density at radius 2 is 1.40 bits per heavy atom. The van der Waals surface area contributed by atoms with Crippen LogP contribution in [0.1, 0.15) is 26.3 Å². The van der Waals surface area contributed by atoms with Gasteiger partial charge in [0, 0.05) is 16.7 Å². The average molecular weight is 268 g/mol. The van der Waals surface area contributed by atoms with Crippen LogP contribution < -0.4 is 10.2 Å². The van der Waals surface area contributed by atoms with Crippen LogP contribution in [0.5, 0.6) is 5.75 Å². The number of hydrogen-bond acceptors (Lipinski definition) is 2. The minimum absolute atomic E-state index is 0.0620. The first-order valence-electron chi connectivity index (χ1n) is 6.72. The molecule has 0 saturated carbocycles. The highest BCUT2D eigenvalue weighted by atomic mass is 16.5. The molecular weight excluding hydrogens is 248 g/mol. The van der Waals surface area contributed by atoms with Crippen molar-refractivity contribution < 1.29 is 4.74 Å². The fraction of sp³-hybridized carbons (Fsp3) is 0.278. The van der Waals surface area contributed by atoms with Crippen molar-refractivity contribution in [2.75, 3.05) is 7.11 Å². The van der Waals surface area contributed by atoms with Crippen molar-refractivity contribution in [1.82, 2.24) is 0 Å². The molecule has 104 valence electrons. The maximum Gasteiger partial charge on any atom is 0.190 e. The van der Waals surface area contributed by atoms with E-state index in [1.807, 2.05) is 48.5 Å². The summed E-state index contributed by atoms with van der Waals surface area (Å²) < 4.78 is 5.37. The predicted molar refractivity (Wildman–Crippen MR) is 83.4 cm³/mol. The van der Waals surface area contributed by atoms with Crippen LogP contribution in [0.3, 0.4) is 0 Å². The highest BCUT2D eigenvalue weighted by Crippen LogP contribution is 2.28. The van der Waals surface area contributed by atoms with Crippen LogP contribution in [0.25, 0.3) is 11.1 Å². The molecule has 2 rings (SSSR count). The molecule has 0 spiro atoms. The summed E-state index contributed by atoms with van der Waals surface area (Å²) in [5, 5.41) is 0. The quantitative estimate of drug-likeness (QED) is 0.822. The second-order valence-electron chi connectivity index (χ2n) is 5.82. The van der Waals surface area contributed by atoms with Gasteiger partial charge in [-0.1, -0.05) is 63.2 Å². The van der Waals surface area contributed by atoms with E-state index in [1.165, 1.54) is 0 Å². The van der Waals surface area contributed by atoms with Crippen molar-refractivity contribution in [3.63, 3.8) is 0 Å². The average Bonchev–Trinajstić information content (AvgIpc) is 2.60. The standard InChI is InChI=1S/C18H20O2/c1-18(2,3)15-11-7-5-10-14(17(15)19)13-9-6-8-12-16(13)20-4/h5-12H,1-4H3. The van der Waals surface area contributed by atoms with Gasteiger partial charge in [0.25, 0.3) is 0 Å². The zero-order valence-electron chi connectivity index (χ0n) is 12.4. The minimum Gasteiger partial charge on any atom is -0.496 e. The summed E-state index contributed by atoms with van der Waals surface area (Å²) in [4.78, 5) is 12.8. The molecule has 2 nitrogen and oxygen atoms in total. The normalized spacial score (nSPS) is 11.2. The Kier molecular flexibility index (Phi) is 3.93. The van der Waals surface area contributed by atoms with Gasteiger partial charge in [0.2, 0.25) is 0 Å². The minimum atomic E-state index is -0.188. The van der Waals surface area contributed by atoms with Gasteiger partial charge in [-0.15, -0.1) is 0 Å². The molecule has 20 heavy (non-hydrogen) atoms. The SMILES string of the molecule is COc1ccccc1-c1ccccc(C(C)(C)C)c1=O. The predicted octanol–water partition coefficient (Wildman–Crippen LogP) is 4.02. The molecule has 0 aromatic heterocycles. The number of ether oxygens (including phenoxy) is 1. The summed E-state index contributed by atoms with van der Waals surface area (Å²) in [5.74, 6) is 0.718. The van der Waals surface area contributed by atoms with Crippen LogP contribution in [0.15, 0.2) is 53.3 Å². The lowest BCUT2D eigenvalue weighted by molar-refractivity contribution is 0.416. The summed E-state index contributed by atoms with van der Waals surface area (Å²) in [6, 6.07) is 15.2. The van der Waals surface area contributed by atoms with E-state index in [4.69, 9.17) is 4.74 Å². The Bertz CT molecular complexity index is 667. The first-order chi connectivity index (χ1) is 9.45. The molecule has 2 heteroatoms. The summed E-state index contributed by atoms with van der Waals surface area (Å²) >= 11 is 0. The number of methoxy groups -OCH3 is 1. The molecule has 0 radical (unpaired) electrons. The lowest BCUT2D eigenvalue weighted by atomic mass is 9.86. The van der Waals surface area contributed by atoms with Gasteiger partial charge in [-0.05, 0) is 11.5 Å². The van der Waals surface area contributed by atoms with E-state index >= 15 is 0 Å². The molecule has 0 unspecified atom stereocenters. The van der Waals surface area contributed by atoms with Crippen molar-refractivity contribution in [1.29, 1.82) is 0 Å². The smallest absolute Gasteiger partial charge is 0.190 e. The molecule has 0 fully saturated rings. The van der Waals surface area contributed by atoms with Gasteiger partial charge in [0.15, 0.2) is 5.43 Å². The topological polar surface area (TPSA) is 26.3 Å². The molecule has 0 aliphatic carbocycles. The van der Waals surface area contributed by atoms with Crippen molar-refractivity contribution >= 4 is 0 Å². The van der Waals surface area contributed by atoms with Crippen LogP contribution >= 0.6 is 0 Å². The van der Waals surface area contributed by atoms with Crippen molar-refractivity contribution in [3.05, 3.63) is 64.3 Å². The Morgan fingerprint density at radius 1 is 0.850 bits per heavy atom. The summed E-state index contributed by atoms with van der Waals surface area (Å²) in [6.07, 6.45) is 0. The Morgan fingerprint density at radius 3 is 2.00 bits per heavy atom. The maximum absolute atomic E-state index is 12.8. The Balaban J connectivity index is 2.77. The molecule has 0 saturated heterocycles. The maximum atomic E-state index is 12.8. The lowest BCUT2D eigenvalue weighted by Crippen LogP contribution is -2.21. The zero-order valence-corrected chi connectivity index (χ0v) is 12.4. The van der Waals surface area contributed by atoms with Gasteiger partial charge in [-0.25, -0.2) is 0 Å². The third-order valence-electron chi connectivity index (χ3n) is 3.33. The summed E-state index contributed by atoms with van der Waals surface area (Å²) in [5.41, 5.74) is 2.20. The monoisotopic (exact) mass is 268 g/mol. The molecule has 0 heterocycles. The molecular formula is C18H20O2. The van der Waals surface area contributed by atoms with Gasteiger partial charge in [-0.2, -0.15) is 0 Å². The van der Waals surface area contributed by atoms with Crippen molar-refractivity contribution in [2.24, 2.45) is 0 Å². The fourth-order valence-corrected chi connectivity index (χ4v) is 2.27. The Hall–Kier alpha value is -2.09. The number of rotatable bonds is 2. The van der Waals surface area contributed by atoms with E-state index in [-0.39, 0.29) is 10.8 Å². The van der Waals surface area contributed by atoms with Gasteiger partial charge in [0.1, 0.15) is 5.75 Å². The van der Waals surface area contributed by atoms with E-state index in [0.717, 1.165) is 16.9 Å². The van der Waals surface area contributed by atoms with Crippen LogP contribution in [0, 0.1) is 0 Å². The number of para-hydroxylation sites is 1. The third kappa shape index (κ3) is 2.74. The second-order valence-corrected chi connectivity index (χ2v) is 5.82. The van der Waals surface area contributed by atoms with Gasteiger partial charge in [-0.3, -0.25) is 4.79 Å². The highest BCUT2D eigenvalue weighted by Gasteiger charge is 2.19. The summed E-state index contributed by atoms with van der Waals surface area (Å²) in [7, 11) is 1.62. The zero-order chi connectivity index (χ0) is 14.8. The second kappa shape index (κ2) is 5.49. The molecule has 0 atom stereocenters. The molecule has 0 N–H and O–H groups in total. The van der Waals surface area contributed by atoms with E-state index in [2.05, 4.69) is 20.8 Å². The largest absolute Gasteiger partial charge is 0.496 e. The molecule has 0 aliphatic rings. The summed E-state index contributed by atoms with van der Waals surface area (Å²) in [6.45, 7) is 6.15. The molecule has 0 amide bonds. The lowest BCUT2D eigenvalue weighted by Gasteiger charge is -2.17. The van der Waals surface area contributed by atoms with E-state index < -0.39 is 0 Å². The van der Waals surface area contributed by atoms with Crippen LogP contribution in [0.4, 0.5) is 0 Å². The number of benzene rings is 1. The Labute approximate surface area is 120 Å². The molecule has 2 aromatic rings. The van der Waals surface area contributed by atoms with Crippen LogP contribution in [-0.2, 0) is 5.41 Å². The highest BCUT2D eigenvalue weighted by molar-refractivity contribution is 5.70. The molecule has 0 aliphatic heterocycles. The first-order valence-corrected chi connectivity index (χ1v) is 6.72. The van der Waals surface area contributed by atoms with Gasteiger partial charge in [0.05, 0.1) is 7.11 Å². The van der Waals surface area contributed by atoms with Crippen molar-refractivity contribution in [2.45, 2.75) is 26.2 Å². The first kappa shape index (κ1) is 14.3. The molecule has 2 aromatic carbocycles. The van der Waals surface area contributed by atoms with Crippen LogP contribution in [0.2, 0.25) is 0 Å². The van der Waals surface area contributed by atoms with E-state index in [1.54, 1.807) is 7.11 Å². The molecule has 0 bridgehead atoms. The van der Waals surface area contributed by atoms with Crippen molar-refractivity contribution in [3.8, 4) is 16.9 Å². The van der Waals surface area contributed by atoms with Crippen LogP contribution in [-0.4, -0.2) is 7.11 Å². The van der Waals surface area contributed by atoms with E-state index in [9.17, 15) is 4.79 Å². The third-order valence-corrected chi connectivity index (χ3v) is 3.33. The number of hydrogen-bond donors (Lipinski definition) is 0. The van der Waals surface area contributed by atoms with Gasteiger partial charge >= 0.3 is 0 Å².